The van der Waals surface area contributed by atoms with Gasteiger partial charge in [0.2, 0.25) is 0 Å². The Morgan fingerprint density at radius 1 is 1.11 bits per heavy atom. The molecule has 1 unspecified atom stereocenters. The van der Waals surface area contributed by atoms with Gasteiger partial charge in [0.25, 0.3) is 5.91 Å². The predicted molar refractivity (Wildman–Crippen MR) is 144 cm³/mol. The number of aromatic nitrogens is 4. The summed E-state index contributed by atoms with van der Waals surface area (Å²) in [4.78, 5) is 28.1. The van der Waals surface area contributed by atoms with Crippen molar-refractivity contribution in [3.63, 3.8) is 0 Å². The molecule has 4 aromatic rings. The second-order valence-electron chi connectivity index (χ2n) is 9.53. The summed E-state index contributed by atoms with van der Waals surface area (Å²) in [6.07, 6.45) is 13.1. The molecule has 1 atom stereocenters. The molecule has 0 bridgehead atoms. The van der Waals surface area contributed by atoms with E-state index in [4.69, 9.17) is 16.6 Å². The first kappa shape index (κ1) is 25.1. The second kappa shape index (κ2) is 11.7. The van der Waals surface area contributed by atoms with Crippen LogP contribution in [0.3, 0.4) is 0 Å². The number of benzene rings is 1. The minimum atomic E-state index is -0.207. The number of fused-ring (bicyclic) bond motifs is 1. The lowest BCUT2D eigenvalue weighted by Crippen LogP contribution is -2.33. The number of pyridine rings is 2. The monoisotopic (exact) mass is 514 g/mol. The Morgan fingerprint density at radius 2 is 1.95 bits per heavy atom. The van der Waals surface area contributed by atoms with Gasteiger partial charge >= 0.3 is 0 Å². The fraction of sp³-hybridized carbons (Fsp3) is 0.310. The zero-order valence-electron chi connectivity index (χ0n) is 21.0. The lowest BCUT2D eigenvalue weighted by atomic mass is 9.90. The minimum absolute atomic E-state index is 0.207. The number of amides is 1. The molecular formula is C29H31ClN6O. The van der Waals surface area contributed by atoms with Crippen LogP contribution in [-0.2, 0) is 33.0 Å². The fourth-order valence-corrected chi connectivity index (χ4v) is 5.21. The van der Waals surface area contributed by atoms with Gasteiger partial charge in [0.05, 0.1) is 28.6 Å². The predicted octanol–water partition coefficient (Wildman–Crippen LogP) is 4.92. The Balaban J connectivity index is 1.28. The molecule has 3 heterocycles. The second-order valence-corrected chi connectivity index (χ2v) is 9.93. The van der Waals surface area contributed by atoms with Crippen molar-refractivity contribution in [2.24, 2.45) is 7.05 Å². The summed E-state index contributed by atoms with van der Waals surface area (Å²) in [6.45, 7) is 2.18. The first-order valence-corrected chi connectivity index (χ1v) is 13.0. The Morgan fingerprint density at radius 3 is 2.73 bits per heavy atom. The van der Waals surface area contributed by atoms with Crippen LogP contribution in [0.4, 0.5) is 0 Å². The quantitative estimate of drug-likeness (QED) is 0.343. The van der Waals surface area contributed by atoms with E-state index >= 15 is 0 Å². The van der Waals surface area contributed by atoms with Crippen molar-refractivity contribution in [2.75, 3.05) is 6.54 Å². The molecule has 1 aliphatic rings. The topological polar surface area (TPSA) is 75.9 Å². The van der Waals surface area contributed by atoms with Crippen molar-refractivity contribution < 1.29 is 4.79 Å². The van der Waals surface area contributed by atoms with Crippen molar-refractivity contribution in [2.45, 2.75) is 44.8 Å². The van der Waals surface area contributed by atoms with Gasteiger partial charge in [-0.2, -0.15) is 0 Å². The maximum absolute atomic E-state index is 12.5. The first-order chi connectivity index (χ1) is 18.1. The van der Waals surface area contributed by atoms with Crippen LogP contribution >= 0.6 is 11.6 Å². The maximum Gasteiger partial charge on any atom is 0.253 e. The molecule has 0 saturated heterocycles. The van der Waals surface area contributed by atoms with E-state index in [1.165, 1.54) is 35.1 Å². The molecule has 3 aromatic heterocycles. The summed E-state index contributed by atoms with van der Waals surface area (Å²) in [6, 6.07) is 14.6. The summed E-state index contributed by atoms with van der Waals surface area (Å²) in [5, 5.41) is 3.29. The highest BCUT2D eigenvalue weighted by Gasteiger charge is 2.27. The highest BCUT2D eigenvalue weighted by molar-refractivity contribution is 6.33. The highest BCUT2D eigenvalue weighted by atomic mass is 35.5. The summed E-state index contributed by atoms with van der Waals surface area (Å²) in [5.74, 6) is -0.207. The molecule has 0 fully saturated rings. The molecule has 1 N–H and O–H groups in total. The molecule has 37 heavy (non-hydrogen) atoms. The number of carbonyl (C=O) groups is 1. The third kappa shape index (κ3) is 6.06. The Kier molecular flexibility index (Phi) is 7.92. The average molecular weight is 515 g/mol. The minimum Gasteiger partial charge on any atom is -0.348 e. The van der Waals surface area contributed by atoms with E-state index in [1.807, 2.05) is 31.8 Å². The molecular weight excluding hydrogens is 484 g/mol. The summed E-state index contributed by atoms with van der Waals surface area (Å²) in [7, 11) is 2.05. The van der Waals surface area contributed by atoms with Crippen molar-refractivity contribution in [3.05, 3.63) is 112 Å². The van der Waals surface area contributed by atoms with E-state index in [1.54, 1.807) is 12.3 Å². The van der Waals surface area contributed by atoms with Crippen LogP contribution in [0.5, 0.6) is 0 Å². The molecule has 0 saturated carbocycles. The van der Waals surface area contributed by atoms with Gasteiger partial charge in [-0.3, -0.25) is 19.7 Å². The van der Waals surface area contributed by atoms with Crippen molar-refractivity contribution >= 4 is 17.5 Å². The van der Waals surface area contributed by atoms with Gasteiger partial charge in [-0.05, 0) is 48.1 Å². The van der Waals surface area contributed by atoms with E-state index in [0.29, 0.717) is 23.2 Å². The summed E-state index contributed by atoms with van der Waals surface area (Å²) < 4.78 is 2.09. The normalized spacial score (nSPS) is 14.9. The van der Waals surface area contributed by atoms with Crippen LogP contribution < -0.4 is 5.32 Å². The molecule has 8 heteroatoms. The van der Waals surface area contributed by atoms with Gasteiger partial charge in [0.1, 0.15) is 0 Å². The molecule has 5 rings (SSSR count). The molecule has 1 amide bonds. The summed E-state index contributed by atoms with van der Waals surface area (Å²) in [5.41, 5.74) is 6.51. The molecule has 7 nitrogen and oxygen atoms in total. The fourth-order valence-electron chi connectivity index (χ4n) is 5.00. The zero-order valence-corrected chi connectivity index (χ0v) is 21.7. The molecule has 190 valence electrons. The van der Waals surface area contributed by atoms with E-state index < -0.39 is 0 Å². The number of imidazole rings is 1. The third-order valence-electron chi connectivity index (χ3n) is 7.06. The Hall–Kier alpha value is -3.55. The molecule has 0 spiro atoms. The largest absolute Gasteiger partial charge is 0.348 e. The Bertz CT molecular complexity index is 1350. The average Bonchev–Trinajstić information content (AvgIpc) is 3.34. The SMILES string of the molecule is Cn1cncc1CCN(Cc1ccc(CNC(=O)c2ccncc2Cl)cc1)C1CCCc2cccnc21. The number of carbonyl (C=O) groups excluding carboxylic acids is 1. The van der Waals surface area contributed by atoms with Crippen LogP contribution in [-0.4, -0.2) is 36.9 Å². The summed E-state index contributed by atoms with van der Waals surface area (Å²) >= 11 is 6.10. The number of rotatable bonds is 9. The van der Waals surface area contributed by atoms with Crippen LogP contribution in [0.15, 0.2) is 73.6 Å². The van der Waals surface area contributed by atoms with Gasteiger partial charge in [0.15, 0.2) is 0 Å². The van der Waals surface area contributed by atoms with Gasteiger partial charge in [-0.25, -0.2) is 4.98 Å². The number of aryl methyl sites for hydroxylation is 2. The van der Waals surface area contributed by atoms with Gasteiger partial charge < -0.3 is 9.88 Å². The van der Waals surface area contributed by atoms with E-state index in [0.717, 1.165) is 37.9 Å². The van der Waals surface area contributed by atoms with E-state index in [-0.39, 0.29) is 5.91 Å². The molecule has 1 aliphatic carbocycles. The van der Waals surface area contributed by atoms with Gasteiger partial charge in [-0.1, -0.05) is 41.9 Å². The van der Waals surface area contributed by atoms with Crippen LogP contribution in [0.2, 0.25) is 5.02 Å². The number of hydrogen-bond donors (Lipinski definition) is 1. The molecule has 1 aromatic carbocycles. The molecule has 0 radical (unpaired) electrons. The van der Waals surface area contributed by atoms with Crippen molar-refractivity contribution in [3.8, 4) is 0 Å². The van der Waals surface area contributed by atoms with E-state index in [9.17, 15) is 4.79 Å². The van der Waals surface area contributed by atoms with Gasteiger partial charge in [-0.15, -0.1) is 0 Å². The highest BCUT2D eigenvalue weighted by Crippen LogP contribution is 2.34. The van der Waals surface area contributed by atoms with Crippen LogP contribution in [0, 0.1) is 0 Å². The third-order valence-corrected chi connectivity index (χ3v) is 7.36. The Labute approximate surface area is 222 Å². The smallest absolute Gasteiger partial charge is 0.253 e. The lowest BCUT2D eigenvalue weighted by molar-refractivity contribution is 0.0951. The van der Waals surface area contributed by atoms with Crippen molar-refractivity contribution in [1.29, 1.82) is 0 Å². The van der Waals surface area contributed by atoms with Crippen molar-refractivity contribution in [1.82, 2.24) is 29.7 Å². The lowest BCUT2D eigenvalue weighted by Gasteiger charge is -2.35. The molecule has 0 aliphatic heterocycles. The zero-order chi connectivity index (χ0) is 25.6. The number of nitrogens with one attached hydrogen (secondary N) is 1. The van der Waals surface area contributed by atoms with Crippen LogP contribution in [0.25, 0.3) is 0 Å². The standard InChI is InChI=1S/C29H31ClN6O/c1-35-20-32-17-24(35)12-15-36(27-6-2-4-23-5-3-13-33-28(23)27)19-22-9-7-21(8-10-22)16-34-29(37)25-11-14-31-18-26(25)30/h3,5,7-11,13-14,17-18,20,27H,2,4,6,12,15-16,19H2,1H3,(H,34,37). The first-order valence-electron chi connectivity index (χ1n) is 12.7. The maximum atomic E-state index is 12.5. The van der Waals surface area contributed by atoms with Crippen LogP contribution in [0.1, 0.15) is 57.3 Å². The van der Waals surface area contributed by atoms with E-state index in [2.05, 4.69) is 55.1 Å². The number of halogens is 1. The number of hydrogen-bond acceptors (Lipinski definition) is 5. The van der Waals surface area contributed by atoms with Gasteiger partial charge in [0, 0.05) is 63.6 Å². The number of nitrogens with zero attached hydrogens (tertiary/aromatic N) is 5.